The molecule has 4 rings (SSSR count). The van der Waals surface area contributed by atoms with E-state index in [9.17, 15) is 9.59 Å². The van der Waals surface area contributed by atoms with Crippen molar-refractivity contribution >= 4 is 33.8 Å². The fourth-order valence-electron chi connectivity index (χ4n) is 2.99. The van der Waals surface area contributed by atoms with E-state index in [1.807, 2.05) is 24.3 Å². The number of ether oxygens (including phenoxy) is 3. The van der Waals surface area contributed by atoms with Crippen LogP contribution >= 0.6 is 15.9 Å². The molecule has 0 N–H and O–H groups in total. The first-order valence-corrected chi connectivity index (χ1v) is 9.97. The maximum atomic E-state index is 12.6. The van der Waals surface area contributed by atoms with E-state index in [1.165, 1.54) is 7.11 Å². The molecule has 0 aliphatic carbocycles. The van der Waals surface area contributed by atoms with Crippen molar-refractivity contribution in [2.24, 2.45) is 0 Å². The van der Waals surface area contributed by atoms with Gasteiger partial charge in [-0.1, -0.05) is 40.2 Å². The Kier molecular flexibility index (Phi) is 5.68. The second-order valence-corrected chi connectivity index (χ2v) is 7.54. The van der Waals surface area contributed by atoms with Gasteiger partial charge in [0.2, 0.25) is 5.78 Å². The Bertz CT molecular complexity index is 1130. The van der Waals surface area contributed by atoms with E-state index in [-0.39, 0.29) is 11.5 Å². The van der Waals surface area contributed by atoms with E-state index in [4.69, 9.17) is 9.47 Å². The highest BCUT2D eigenvalue weighted by Gasteiger charge is 2.27. The average molecular weight is 465 g/mol. The normalized spacial score (nSPS) is 13.7. The van der Waals surface area contributed by atoms with E-state index >= 15 is 0 Å². The molecule has 1 aliphatic rings. The SMILES string of the molecule is COC(=O)c1ccc(C=C2Oc3cc(OCc4ccc(Br)cc4)ccc3C2=O)cc1. The molecule has 30 heavy (non-hydrogen) atoms. The van der Waals surface area contributed by atoms with E-state index in [2.05, 4.69) is 20.7 Å². The van der Waals surface area contributed by atoms with Crippen LogP contribution in [-0.2, 0) is 11.3 Å². The number of Topliss-reactive ketones (excluding diaryl/α,β-unsaturated/α-hetero) is 1. The van der Waals surface area contributed by atoms with Gasteiger partial charge in [0, 0.05) is 10.5 Å². The van der Waals surface area contributed by atoms with Crippen LogP contribution in [0.2, 0.25) is 0 Å². The van der Waals surface area contributed by atoms with Crippen molar-refractivity contribution in [3.8, 4) is 11.5 Å². The molecule has 3 aromatic carbocycles. The number of benzene rings is 3. The number of methoxy groups -OCH3 is 1. The molecule has 5 nitrogen and oxygen atoms in total. The molecule has 0 unspecified atom stereocenters. The summed E-state index contributed by atoms with van der Waals surface area (Å²) in [5, 5.41) is 0. The molecule has 0 saturated heterocycles. The van der Waals surface area contributed by atoms with Gasteiger partial charge in [0.1, 0.15) is 18.1 Å². The van der Waals surface area contributed by atoms with Gasteiger partial charge in [-0.15, -0.1) is 0 Å². The first kappa shape index (κ1) is 19.9. The Morgan fingerprint density at radius 3 is 2.47 bits per heavy atom. The molecule has 0 amide bonds. The third-order valence-corrected chi connectivity index (χ3v) is 5.12. The molecule has 1 aliphatic heterocycles. The first-order valence-electron chi connectivity index (χ1n) is 9.17. The number of hydrogen-bond acceptors (Lipinski definition) is 5. The number of ketones is 1. The number of carbonyl (C=O) groups is 2. The predicted molar refractivity (Wildman–Crippen MR) is 116 cm³/mol. The van der Waals surface area contributed by atoms with Crippen LogP contribution in [-0.4, -0.2) is 18.9 Å². The minimum atomic E-state index is -0.412. The van der Waals surface area contributed by atoms with Crippen LogP contribution in [0.25, 0.3) is 6.08 Å². The topological polar surface area (TPSA) is 61.8 Å². The van der Waals surface area contributed by atoms with Crippen LogP contribution in [0.3, 0.4) is 0 Å². The number of carbonyl (C=O) groups excluding carboxylic acids is 2. The van der Waals surface area contributed by atoms with E-state index in [1.54, 1.807) is 48.5 Å². The maximum absolute atomic E-state index is 12.6. The van der Waals surface area contributed by atoms with Gasteiger partial charge in [0.15, 0.2) is 5.76 Å². The summed E-state index contributed by atoms with van der Waals surface area (Å²) in [6.07, 6.45) is 1.64. The number of esters is 1. The van der Waals surface area contributed by atoms with Gasteiger partial charge in [0.05, 0.1) is 18.2 Å². The van der Waals surface area contributed by atoms with Crippen molar-refractivity contribution in [2.45, 2.75) is 6.61 Å². The maximum Gasteiger partial charge on any atom is 0.337 e. The number of fused-ring (bicyclic) bond motifs is 1. The first-order chi connectivity index (χ1) is 14.5. The molecule has 150 valence electrons. The van der Waals surface area contributed by atoms with Gasteiger partial charge >= 0.3 is 5.97 Å². The lowest BCUT2D eigenvalue weighted by molar-refractivity contribution is 0.0600. The summed E-state index contributed by atoms with van der Waals surface area (Å²) in [7, 11) is 1.33. The number of halogens is 1. The molecular formula is C24H17BrO5. The Labute approximate surface area is 182 Å². The Morgan fingerprint density at radius 2 is 1.77 bits per heavy atom. The molecule has 0 fully saturated rings. The van der Waals surface area contributed by atoms with Crippen LogP contribution in [0.1, 0.15) is 31.8 Å². The van der Waals surface area contributed by atoms with Gasteiger partial charge in [0.25, 0.3) is 0 Å². The van der Waals surface area contributed by atoms with Crippen molar-refractivity contribution in [3.63, 3.8) is 0 Å². The number of rotatable bonds is 5. The second kappa shape index (κ2) is 8.55. The minimum absolute atomic E-state index is 0.193. The number of allylic oxidation sites excluding steroid dienone is 1. The van der Waals surface area contributed by atoms with E-state index in [0.29, 0.717) is 29.2 Å². The zero-order valence-electron chi connectivity index (χ0n) is 16.1. The molecule has 0 atom stereocenters. The zero-order chi connectivity index (χ0) is 21.1. The fraction of sp³-hybridized carbons (Fsp3) is 0.0833. The fourth-order valence-corrected chi connectivity index (χ4v) is 3.25. The largest absolute Gasteiger partial charge is 0.489 e. The zero-order valence-corrected chi connectivity index (χ0v) is 17.6. The molecule has 0 spiro atoms. The van der Waals surface area contributed by atoms with Gasteiger partial charge in [-0.2, -0.15) is 0 Å². The molecule has 0 aromatic heterocycles. The highest BCUT2D eigenvalue weighted by molar-refractivity contribution is 9.10. The summed E-state index contributed by atoms with van der Waals surface area (Å²) in [4.78, 5) is 24.2. The van der Waals surface area contributed by atoms with Crippen molar-refractivity contribution < 1.29 is 23.8 Å². The predicted octanol–water partition coefficient (Wildman–Crippen LogP) is 5.43. The summed E-state index contributed by atoms with van der Waals surface area (Å²) in [5.74, 6) is 0.701. The molecule has 6 heteroatoms. The smallest absolute Gasteiger partial charge is 0.337 e. The number of hydrogen-bond donors (Lipinski definition) is 0. The third kappa shape index (κ3) is 4.28. The summed E-state index contributed by atoms with van der Waals surface area (Å²) in [5.41, 5.74) is 2.70. The minimum Gasteiger partial charge on any atom is -0.489 e. The monoisotopic (exact) mass is 464 g/mol. The quantitative estimate of drug-likeness (QED) is 0.372. The lowest BCUT2D eigenvalue weighted by atomic mass is 10.1. The van der Waals surface area contributed by atoms with Crippen molar-refractivity contribution in [1.29, 1.82) is 0 Å². The second-order valence-electron chi connectivity index (χ2n) is 6.63. The lowest BCUT2D eigenvalue weighted by Crippen LogP contribution is -2.01. The summed E-state index contributed by atoms with van der Waals surface area (Å²) in [6, 6.07) is 19.8. The van der Waals surface area contributed by atoms with Gasteiger partial charge in [-0.3, -0.25) is 4.79 Å². The van der Waals surface area contributed by atoms with Gasteiger partial charge in [-0.25, -0.2) is 4.79 Å². The van der Waals surface area contributed by atoms with Crippen LogP contribution in [0.4, 0.5) is 0 Å². The molecule has 1 heterocycles. The van der Waals surface area contributed by atoms with Crippen LogP contribution in [0.15, 0.2) is 77.0 Å². The van der Waals surface area contributed by atoms with E-state index in [0.717, 1.165) is 15.6 Å². The third-order valence-electron chi connectivity index (χ3n) is 4.59. The van der Waals surface area contributed by atoms with Gasteiger partial charge in [-0.05, 0) is 53.6 Å². The molecule has 3 aromatic rings. The average Bonchev–Trinajstić information content (AvgIpc) is 3.08. The Balaban J connectivity index is 1.47. The van der Waals surface area contributed by atoms with Gasteiger partial charge < -0.3 is 14.2 Å². The summed E-state index contributed by atoms with van der Waals surface area (Å²) in [6.45, 7) is 0.412. The Hall–Kier alpha value is -3.38. The molecule has 0 saturated carbocycles. The lowest BCUT2D eigenvalue weighted by Gasteiger charge is -2.07. The molecule has 0 bridgehead atoms. The van der Waals surface area contributed by atoms with Crippen molar-refractivity contribution in [2.75, 3.05) is 7.11 Å². The van der Waals surface area contributed by atoms with Crippen LogP contribution in [0, 0.1) is 0 Å². The standard InChI is InChI=1S/C24H17BrO5/c1-28-24(27)17-6-2-15(3-7-17)12-22-23(26)20-11-10-19(13-21(20)30-22)29-14-16-4-8-18(25)9-5-16/h2-13H,14H2,1H3. The summed E-state index contributed by atoms with van der Waals surface area (Å²) < 4.78 is 17.3. The highest BCUT2D eigenvalue weighted by Crippen LogP contribution is 2.35. The molecule has 0 radical (unpaired) electrons. The van der Waals surface area contributed by atoms with Crippen molar-refractivity contribution in [3.05, 3.63) is 99.2 Å². The summed E-state index contributed by atoms with van der Waals surface area (Å²) >= 11 is 3.41. The van der Waals surface area contributed by atoms with Crippen LogP contribution in [0.5, 0.6) is 11.5 Å². The Morgan fingerprint density at radius 1 is 1.03 bits per heavy atom. The van der Waals surface area contributed by atoms with Crippen LogP contribution < -0.4 is 9.47 Å². The highest BCUT2D eigenvalue weighted by atomic mass is 79.9. The molecular weight excluding hydrogens is 448 g/mol. The van der Waals surface area contributed by atoms with E-state index < -0.39 is 5.97 Å². The van der Waals surface area contributed by atoms with Crippen molar-refractivity contribution in [1.82, 2.24) is 0 Å².